The second-order valence-electron chi connectivity index (χ2n) is 6.86. The van der Waals surface area contributed by atoms with Crippen LogP contribution < -0.4 is 10.6 Å². The van der Waals surface area contributed by atoms with Crippen LogP contribution in [-0.2, 0) is 4.74 Å². The SMILES string of the molecule is CCNC(=NCC(c1cccs1)N1CCCC1)NCCC1=CCOCC1. The third kappa shape index (κ3) is 5.83. The fourth-order valence-corrected chi connectivity index (χ4v) is 4.43. The molecule has 2 aliphatic rings. The largest absolute Gasteiger partial charge is 0.377 e. The van der Waals surface area contributed by atoms with Gasteiger partial charge in [0, 0.05) is 18.0 Å². The minimum absolute atomic E-state index is 0.408. The second kappa shape index (κ2) is 10.7. The van der Waals surface area contributed by atoms with Crippen LogP contribution in [0.4, 0.5) is 0 Å². The van der Waals surface area contributed by atoms with E-state index in [1.807, 2.05) is 11.3 Å². The van der Waals surface area contributed by atoms with Crippen LogP contribution in [0.15, 0.2) is 34.2 Å². The van der Waals surface area contributed by atoms with E-state index in [-0.39, 0.29) is 0 Å². The summed E-state index contributed by atoms with van der Waals surface area (Å²) in [7, 11) is 0. The van der Waals surface area contributed by atoms with Gasteiger partial charge in [-0.25, -0.2) is 0 Å². The maximum Gasteiger partial charge on any atom is 0.191 e. The minimum atomic E-state index is 0.408. The molecule has 0 spiro atoms. The first-order chi connectivity index (χ1) is 12.9. The molecule has 1 fully saturated rings. The summed E-state index contributed by atoms with van der Waals surface area (Å²) >= 11 is 1.85. The molecule has 5 nitrogen and oxygen atoms in total. The van der Waals surface area contributed by atoms with Gasteiger partial charge in [-0.2, -0.15) is 0 Å². The van der Waals surface area contributed by atoms with Gasteiger partial charge in [0.1, 0.15) is 0 Å². The zero-order valence-corrected chi connectivity index (χ0v) is 16.7. The topological polar surface area (TPSA) is 48.9 Å². The summed E-state index contributed by atoms with van der Waals surface area (Å²) in [5.41, 5.74) is 1.49. The molecule has 0 aliphatic carbocycles. The van der Waals surface area contributed by atoms with E-state index in [0.717, 1.165) is 51.6 Å². The van der Waals surface area contributed by atoms with E-state index in [1.165, 1.54) is 36.4 Å². The highest BCUT2D eigenvalue weighted by Gasteiger charge is 2.24. The van der Waals surface area contributed by atoms with Gasteiger partial charge in [-0.3, -0.25) is 9.89 Å². The molecule has 6 heteroatoms. The Bertz CT molecular complexity index is 579. The number of guanidine groups is 1. The highest BCUT2D eigenvalue weighted by molar-refractivity contribution is 7.10. The Morgan fingerprint density at radius 3 is 2.92 bits per heavy atom. The average molecular weight is 377 g/mol. The quantitative estimate of drug-likeness (QED) is 0.416. The van der Waals surface area contributed by atoms with Crippen molar-refractivity contribution in [2.45, 2.75) is 38.6 Å². The molecule has 26 heavy (non-hydrogen) atoms. The molecule has 0 saturated carbocycles. The van der Waals surface area contributed by atoms with Gasteiger partial charge < -0.3 is 15.4 Å². The van der Waals surface area contributed by atoms with Crippen LogP contribution >= 0.6 is 11.3 Å². The molecule has 3 rings (SSSR count). The van der Waals surface area contributed by atoms with Crippen molar-refractivity contribution >= 4 is 17.3 Å². The van der Waals surface area contributed by atoms with E-state index in [9.17, 15) is 0 Å². The Hall–Kier alpha value is -1.37. The first-order valence-electron chi connectivity index (χ1n) is 9.92. The van der Waals surface area contributed by atoms with Crippen LogP contribution in [0, 0.1) is 0 Å². The van der Waals surface area contributed by atoms with Gasteiger partial charge in [0.05, 0.1) is 25.8 Å². The lowest BCUT2D eigenvalue weighted by Crippen LogP contribution is -2.39. The predicted molar refractivity (Wildman–Crippen MR) is 110 cm³/mol. The molecule has 0 amide bonds. The number of ether oxygens (including phenoxy) is 1. The number of hydrogen-bond acceptors (Lipinski definition) is 4. The van der Waals surface area contributed by atoms with Crippen molar-refractivity contribution in [3.8, 4) is 0 Å². The molecule has 0 radical (unpaired) electrons. The zero-order valence-electron chi connectivity index (χ0n) is 15.9. The van der Waals surface area contributed by atoms with E-state index in [2.05, 4.69) is 46.0 Å². The van der Waals surface area contributed by atoms with Gasteiger partial charge in [0.2, 0.25) is 0 Å². The van der Waals surface area contributed by atoms with E-state index in [1.54, 1.807) is 0 Å². The Balaban J connectivity index is 1.56. The number of thiophene rings is 1. The van der Waals surface area contributed by atoms with Crippen molar-refractivity contribution in [2.24, 2.45) is 4.99 Å². The summed E-state index contributed by atoms with van der Waals surface area (Å²) in [4.78, 5) is 8.93. The van der Waals surface area contributed by atoms with Crippen LogP contribution in [0.1, 0.15) is 43.5 Å². The molecule has 0 bridgehead atoms. The third-order valence-corrected chi connectivity index (χ3v) is 5.99. The molecule has 1 aromatic rings. The third-order valence-electron chi connectivity index (χ3n) is 5.02. The maximum atomic E-state index is 5.38. The Morgan fingerprint density at radius 1 is 1.35 bits per heavy atom. The van der Waals surface area contributed by atoms with Crippen molar-refractivity contribution in [3.05, 3.63) is 34.0 Å². The number of nitrogens with zero attached hydrogens (tertiary/aromatic N) is 2. The highest BCUT2D eigenvalue weighted by atomic mass is 32.1. The standard InChI is InChI=1S/C20H32N4OS/c1-2-21-20(22-10-7-17-8-13-25-14-9-17)23-16-18(19-6-5-15-26-19)24-11-3-4-12-24/h5-6,8,15,18H,2-4,7,9-14,16H2,1H3,(H2,21,22,23). The number of hydrogen-bond donors (Lipinski definition) is 2. The lowest BCUT2D eigenvalue weighted by atomic mass is 10.1. The molecule has 2 aliphatic heterocycles. The molecule has 1 atom stereocenters. The molecule has 1 unspecified atom stereocenters. The smallest absolute Gasteiger partial charge is 0.191 e. The molecular weight excluding hydrogens is 344 g/mol. The summed E-state index contributed by atoms with van der Waals surface area (Å²) < 4.78 is 5.38. The summed E-state index contributed by atoms with van der Waals surface area (Å²) in [6.07, 6.45) is 6.96. The Labute approximate surface area is 161 Å². The average Bonchev–Trinajstić information content (AvgIpc) is 3.37. The van der Waals surface area contributed by atoms with Crippen molar-refractivity contribution in [2.75, 3.05) is 45.9 Å². The van der Waals surface area contributed by atoms with Gasteiger partial charge in [-0.1, -0.05) is 17.7 Å². The van der Waals surface area contributed by atoms with Crippen LogP contribution in [0.3, 0.4) is 0 Å². The maximum absolute atomic E-state index is 5.38. The number of likely N-dealkylation sites (tertiary alicyclic amines) is 1. The van der Waals surface area contributed by atoms with Gasteiger partial charge in [-0.15, -0.1) is 11.3 Å². The van der Waals surface area contributed by atoms with Gasteiger partial charge >= 0.3 is 0 Å². The van der Waals surface area contributed by atoms with Crippen LogP contribution in [0.5, 0.6) is 0 Å². The first kappa shape index (κ1) is 19.4. The van der Waals surface area contributed by atoms with Gasteiger partial charge in [-0.05, 0) is 57.1 Å². The first-order valence-corrected chi connectivity index (χ1v) is 10.8. The normalized spacial score (nSPS) is 20.0. The summed E-state index contributed by atoms with van der Waals surface area (Å²) in [6.45, 7) is 8.75. The molecule has 2 N–H and O–H groups in total. The second-order valence-corrected chi connectivity index (χ2v) is 7.84. The number of rotatable bonds is 8. The van der Waals surface area contributed by atoms with Crippen molar-refractivity contribution in [1.29, 1.82) is 0 Å². The lowest BCUT2D eigenvalue weighted by Gasteiger charge is -2.25. The van der Waals surface area contributed by atoms with Crippen LogP contribution in [0.2, 0.25) is 0 Å². The van der Waals surface area contributed by atoms with Crippen LogP contribution in [-0.4, -0.2) is 56.8 Å². The fraction of sp³-hybridized carbons (Fsp3) is 0.650. The van der Waals surface area contributed by atoms with E-state index in [4.69, 9.17) is 9.73 Å². The number of nitrogens with one attached hydrogen (secondary N) is 2. The lowest BCUT2D eigenvalue weighted by molar-refractivity contribution is 0.153. The Kier molecular flexibility index (Phi) is 7.98. The summed E-state index contributed by atoms with van der Waals surface area (Å²) in [6, 6.07) is 4.81. The van der Waals surface area contributed by atoms with Crippen molar-refractivity contribution in [3.63, 3.8) is 0 Å². The molecular formula is C20H32N4OS. The molecule has 1 aromatic heterocycles. The Morgan fingerprint density at radius 2 is 2.23 bits per heavy atom. The van der Waals surface area contributed by atoms with Gasteiger partial charge in [0.25, 0.3) is 0 Å². The molecule has 144 valence electrons. The zero-order chi connectivity index (χ0) is 18.0. The summed E-state index contributed by atoms with van der Waals surface area (Å²) in [5, 5.41) is 9.07. The number of aliphatic imine (C=N–C) groups is 1. The molecule has 1 saturated heterocycles. The van der Waals surface area contributed by atoms with Gasteiger partial charge in [0.15, 0.2) is 5.96 Å². The van der Waals surface area contributed by atoms with Crippen molar-refractivity contribution in [1.82, 2.24) is 15.5 Å². The fourth-order valence-electron chi connectivity index (χ4n) is 3.57. The highest BCUT2D eigenvalue weighted by Crippen LogP contribution is 2.28. The van der Waals surface area contributed by atoms with E-state index < -0.39 is 0 Å². The van der Waals surface area contributed by atoms with E-state index in [0.29, 0.717) is 6.04 Å². The predicted octanol–water partition coefficient (Wildman–Crippen LogP) is 3.18. The summed E-state index contributed by atoms with van der Waals surface area (Å²) in [5.74, 6) is 0.931. The van der Waals surface area contributed by atoms with E-state index >= 15 is 0 Å². The minimum Gasteiger partial charge on any atom is -0.377 e. The van der Waals surface area contributed by atoms with Crippen LogP contribution in [0.25, 0.3) is 0 Å². The molecule has 0 aromatic carbocycles. The van der Waals surface area contributed by atoms with Crippen molar-refractivity contribution < 1.29 is 4.74 Å². The monoisotopic (exact) mass is 376 g/mol. The molecule has 3 heterocycles.